The molecular formula is C22H22F3N7O. The number of morpholine rings is 1. The first-order valence-corrected chi connectivity index (χ1v) is 10.7. The number of nitrogens with zero attached hydrogens (tertiary/aromatic N) is 6. The largest absolute Gasteiger partial charge is 0.435 e. The monoisotopic (exact) mass is 457 g/mol. The minimum Gasteiger partial charge on any atom is -0.377 e. The minimum atomic E-state index is -4.54. The van der Waals surface area contributed by atoms with Crippen LogP contribution in [0.3, 0.4) is 0 Å². The zero-order chi connectivity index (χ0) is 23.2. The molecule has 5 rings (SSSR count). The number of fused-ring (bicyclic) bond motifs is 1. The first kappa shape index (κ1) is 21.4. The van der Waals surface area contributed by atoms with Crippen molar-refractivity contribution < 1.29 is 17.9 Å². The van der Waals surface area contributed by atoms with Crippen molar-refractivity contribution in [3.63, 3.8) is 0 Å². The number of aromatic amines is 1. The molecule has 172 valence electrons. The van der Waals surface area contributed by atoms with Gasteiger partial charge >= 0.3 is 6.18 Å². The van der Waals surface area contributed by atoms with E-state index < -0.39 is 11.9 Å². The first-order chi connectivity index (χ1) is 15.9. The number of ether oxygens (including phenoxy) is 1. The third-order valence-corrected chi connectivity index (χ3v) is 5.78. The summed E-state index contributed by atoms with van der Waals surface area (Å²) in [6.45, 7) is 5.80. The highest BCUT2D eigenvalue weighted by atomic mass is 19.4. The smallest absolute Gasteiger partial charge is 0.377 e. The predicted octanol–water partition coefficient (Wildman–Crippen LogP) is 4.15. The van der Waals surface area contributed by atoms with Crippen LogP contribution in [0.2, 0.25) is 0 Å². The molecule has 1 aliphatic rings. The molecule has 0 radical (unpaired) electrons. The van der Waals surface area contributed by atoms with Crippen LogP contribution in [0.1, 0.15) is 19.5 Å². The van der Waals surface area contributed by atoms with E-state index in [1.165, 1.54) is 4.68 Å². The number of anilines is 1. The molecule has 1 N–H and O–H groups in total. The van der Waals surface area contributed by atoms with Crippen LogP contribution in [-0.2, 0) is 17.5 Å². The Morgan fingerprint density at radius 1 is 1.21 bits per heavy atom. The number of aromatic nitrogens is 6. The highest BCUT2D eigenvalue weighted by Gasteiger charge is 2.35. The second-order valence-electron chi connectivity index (χ2n) is 7.90. The van der Waals surface area contributed by atoms with Gasteiger partial charge in [0.2, 0.25) is 0 Å². The van der Waals surface area contributed by atoms with Crippen molar-refractivity contribution in [1.82, 2.24) is 29.9 Å². The number of alkyl halides is 3. The fourth-order valence-corrected chi connectivity index (χ4v) is 4.16. The van der Waals surface area contributed by atoms with Crippen LogP contribution in [0.4, 0.5) is 19.0 Å². The summed E-state index contributed by atoms with van der Waals surface area (Å²) in [4.78, 5) is 11.5. The van der Waals surface area contributed by atoms with Crippen LogP contribution in [0, 0.1) is 0 Å². The van der Waals surface area contributed by atoms with Gasteiger partial charge in [-0.05, 0) is 38.1 Å². The summed E-state index contributed by atoms with van der Waals surface area (Å²) in [6, 6.07) is 6.55. The summed E-state index contributed by atoms with van der Waals surface area (Å²) in [5, 5.41) is 11.4. The Morgan fingerprint density at radius 2 is 2.06 bits per heavy atom. The molecule has 0 saturated carbocycles. The fourth-order valence-electron chi connectivity index (χ4n) is 4.16. The molecule has 0 bridgehead atoms. The summed E-state index contributed by atoms with van der Waals surface area (Å²) in [5.74, 6) is 0.652. The molecule has 0 aliphatic carbocycles. The molecule has 1 aliphatic heterocycles. The van der Waals surface area contributed by atoms with Crippen LogP contribution in [-0.4, -0.2) is 55.7 Å². The van der Waals surface area contributed by atoms with Crippen molar-refractivity contribution in [3.8, 4) is 22.6 Å². The molecule has 1 fully saturated rings. The molecule has 1 atom stereocenters. The Balaban J connectivity index is 1.80. The molecule has 5 heterocycles. The van der Waals surface area contributed by atoms with Gasteiger partial charge in [0.25, 0.3) is 0 Å². The zero-order valence-electron chi connectivity index (χ0n) is 18.1. The van der Waals surface area contributed by atoms with Crippen molar-refractivity contribution in [1.29, 1.82) is 0 Å². The quantitative estimate of drug-likeness (QED) is 0.496. The molecule has 4 aromatic rings. The molecule has 0 spiro atoms. The highest BCUT2D eigenvalue weighted by molar-refractivity contribution is 6.01. The van der Waals surface area contributed by atoms with Gasteiger partial charge in [-0.3, -0.25) is 14.8 Å². The van der Waals surface area contributed by atoms with Crippen molar-refractivity contribution in [2.75, 3.05) is 24.7 Å². The van der Waals surface area contributed by atoms with Gasteiger partial charge in [0.1, 0.15) is 17.0 Å². The van der Waals surface area contributed by atoms with Crippen molar-refractivity contribution >= 4 is 16.7 Å². The number of H-pyrrole nitrogens is 1. The third-order valence-electron chi connectivity index (χ3n) is 5.78. The van der Waals surface area contributed by atoms with E-state index >= 15 is 0 Å². The predicted molar refractivity (Wildman–Crippen MR) is 117 cm³/mol. The Kier molecular flexibility index (Phi) is 5.28. The average Bonchev–Trinajstić information content (AvgIpc) is 3.48. The number of rotatable bonds is 4. The standard InChI is InChI=1S/C22H22F3N7O/c1-3-32-17(11-18(30-32)22(23,24)25)15-10-19(31-8-9-33-12-13(31)2)28-20-14(15)4-6-26-21(20)16-5-7-27-29-16/h4-7,10-11,13H,3,8-9,12H2,1-2H3,(H,27,29). The van der Waals surface area contributed by atoms with Crippen LogP contribution in [0.5, 0.6) is 0 Å². The summed E-state index contributed by atoms with van der Waals surface area (Å²) >= 11 is 0. The molecule has 33 heavy (non-hydrogen) atoms. The van der Waals surface area contributed by atoms with E-state index in [-0.39, 0.29) is 12.6 Å². The van der Waals surface area contributed by atoms with Crippen molar-refractivity contribution in [2.24, 2.45) is 0 Å². The van der Waals surface area contributed by atoms with Gasteiger partial charge < -0.3 is 9.64 Å². The van der Waals surface area contributed by atoms with Crippen LogP contribution >= 0.6 is 0 Å². The SMILES string of the molecule is CCn1nc(C(F)(F)F)cc1-c1cc(N2CCOCC2C)nc2c(-c3ccn[nH]3)nccc12. The maximum atomic E-state index is 13.5. The van der Waals surface area contributed by atoms with E-state index in [1.807, 2.05) is 13.0 Å². The summed E-state index contributed by atoms with van der Waals surface area (Å²) < 4.78 is 47.4. The Hall–Kier alpha value is -3.47. The highest BCUT2D eigenvalue weighted by Crippen LogP contribution is 2.38. The number of halogens is 3. The summed E-state index contributed by atoms with van der Waals surface area (Å²) in [7, 11) is 0. The summed E-state index contributed by atoms with van der Waals surface area (Å²) in [6.07, 6.45) is -1.30. The average molecular weight is 457 g/mol. The molecular weight excluding hydrogens is 435 g/mol. The lowest BCUT2D eigenvalue weighted by Gasteiger charge is -2.34. The minimum absolute atomic E-state index is 0.0608. The lowest BCUT2D eigenvalue weighted by molar-refractivity contribution is -0.141. The third kappa shape index (κ3) is 3.82. The van der Waals surface area contributed by atoms with Gasteiger partial charge in [0.15, 0.2) is 5.69 Å². The first-order valence-electron chi connectivity index (χ1n) is 10.7. The van der Waals surface area contributed by atoms with E-state index in [0.717, 1.165) is 6.07 Å². The van der Waals surface area contributed by atoms with Crippen molar-refractivity contribution in [2.45, 2.75) is 32.6 Å². The molecule has 11 heteroatoms. The van der Waals surface area contributed by atoms with Crippen LogP contribution in [0.25, 0.3) is 33.5 Å². The van der Waals surface area contributed by atoms with Gasteiger partial charge in [-0.1, -0.05) is 0 Å². The molecule has 0 amide bonds. The van der Waals surface area contributed by atoms with Gasteiger partial charge in [0, 0.05) is 36.4 Å². The van der Waals surface area contributed by atoms with Gasteiger partial charge in [0.05, 0.1) is 30.6 Å². The maximum Gasteiger partial charge on any atom is 0.435 e. The maximum absolute atomic E-state index is 13.5. The lowest BCUT2D eigenvalue weighted by atomic mass is 10.0. The number of nitrogens with one attached hydrogen (secondary N) is 1. The van der Waals surface area contributed by atoms with E-state index in [9.17, 15) is 13.2 Å². The van der Waals surface area contributed by atoms with E-state index in [1.54, 1.807) is 31.5 Å². The van der Waals surface area contributed by atoms with Crippen molar-refractivity contribution in [3.05, 3.63) is 42.4 Å². The van der Waals surface area contributed by atoms with Gasteiger partial charge in [-0.15, -0.1) is 0 Å². The normalized spacial score (nSPS) is 17.1. The molecule has 1 saturated heterocycles. The van der Waals surface area contributed by atoms with Gasteiger partial charge in [-0.25, -0.2) is 4.98 Å². The number of aryl methyl sites for hydroxylation is 1. The van der Waals surface area contributed by atoms with E-state index in [0.29, 0.717) is 59.1 Å². The molecule has 4 aromatic heterocycles. The number of hydrogen-bond acceptors (Lipinski definition) is 6. The molecule has 0 aromatic carbocycles. The van der Waals surface area contributed by atoms with E-state index in [2.05, 4.69) is 25.2 Å². The number of pyridine rings is 2. The molecule has 1 unspecified atom stereocenters. The summed E-state index contributed by atoms with van der Waals surface area (Å²) in [5.41, 5.74) is 1.89. The Bertz CT molecular complexity index is 1280. The zero-order valence-corrected chi connectivity index (χ0v) is 18.1. The van der Waals surface area contributed by atoms with Crippen LogP contribution < -0.4 is 4.90 Å². The fraction of sp³-hybridized carbons (Fsp3) is 0.364. The lowest BCUT2D eigenvalue weighted by Crippen LogP contribution is -2.44. The second-order valence-corrected chi connectivity index (χ2v) is 7.90. The Morgan fingerprint density at radius 3 is 2.76 bits per heavy atom. The number of hydrogen-bond donors (Lipinski definition) is 1. The van der Waals surface area contributed by atoms with E-state index in [4.69, 9.17) is 9.72 Å². The van der Waals surface area contributed by atoms with Gasteiger partial charge in [-0.2, -0.15) is 23.4 Å². The topological polar surface area (TPSA) is 84.8 Å². The second kappa shape index (κ2) is 8.14. The Labute approximate surface area is 187 Å². The molecule has 8 nitrogen and oxygen atoms in total. The van der Waals surface area contributed by atoms with Crippen LogP contribution in [0.15, 0.2) is 36.7 Å².